The summed E-state index contributed by atoms with van der Waals surface area (Å²) in [5, 5.41) is 2.96. The smallest absolute Gasteiger partial charge is 0.338 e. The van der Waals surface area contributed by atoms with Gasteiger partial charge in [0.1, 0.15) is 12.4 Å². The maximum absolute atomic E-state index is 13.3. The molecule has 2 aromatic carbocycles. The summed E-state index contributed by atoms with van der Waals surface area (Å²) in [5.41, 5.74) is 1.71. The van der Waals surface area contributed by atoms with Crippen LogP contribution in [0, 0.1) is 5.82 Å². The van der Waals surface area contributed by atoms with Gasteiger partial charge in [-0.2, -0.15) is 0 Å². The Labute approximate surface area is 111 Å². The molecule has 0 bridgehead atoms. The van der Waals surface area contributed by atoms with Crippen molar-refractivity contribution in [1.29, 1.82) is 0 Å². The number of ether oxygens (including phenoxy) is 1. The molecule has 0 unspecified atom stereocenters. The highest BCUT2D eigenvalue weighted by Crippen LogP contribution is 2.12. The fourth-order valence-electron chi connectivity index (χ4n) is 1.62. The maximum atomic E-state index is 13.3. The summed E-state index contributed by atoms with van der Waals surface area (Å²) in [5.74, 6) is -0.841. The number of esters is 1. The minimum atomic E-state index is -0.467. The highest BCUT2D eigenvalue weighted by molar-refractivity contribution is 5.89. The summed E-state index contributed by atoms with van der Waals surface area (Å²) in [6.45, 7) is -0.0702. The van der Waals surface area contributed by atoms with Gasteiger partial charge in [0, 0.05) is 18.3 Å². The van der Waals surface area contributed by atoms with E-state index in [2.05, 4.69) is 5.32 Å². The Morgan fingerprint density at radius 2 is 1.84 bits per heavy atom. The van der Waals surface area contributed by atoms with E-state index in [1.54, 1.807) is 49.5 Å². The van der Waals surface area contributed by atoms with Crippen LogP contribution in [-0.2, 0) is 11.3 Å². The van der Waals surface area contributed by atoms with Gasteiger partial charge in [-0.1, -0.05) is 18.2 Å². The molecule has 19 heavy (non-hydrogen) atoms. The summed E-state index contributed by atoms with van der Waals surface area (Å²) in [4.78, 5) is 11.8. The Morgan fingerprint density at radius 3 is 2.47 bits per heavy atom. The molecule has 1 N–H and O–H groups in total. The topological polar surface area (TPSA) is 38.3 Å². The molecule has 0 heterocycles. The molecule has 98 valence electrons. The lowest BCUT2D eigenvalue weighted by Crippen LogP contribution is -2.06. The molecule has 0 radical (unpaired) electrons. The van der Waals surface area contributed by atoms with Gasteiger partial charge >= 0.3 is 5.97 Å². The Bertz CT molecular complexity index is 567. The van der Waals surface area contributed by atoms with Crippen LogP contribution in [0.3, 0.4) is 0 Å². The van der Waals surface area contributed by atoms with Crippen LogP contribution in [0.4, 0.5) is 10.1 Å². The van der Waals surface area contributed by atoms with E-state index < -0.39 is 5.97 Å². The number of hydrogen-bond donors (Lipinski definition) is 1. The van der Waals surface area contributed by atoms with Gasteiger partial charge in [-0.15, -0.1) is 0 Å². The Balaban J connectivity index is 1.99. The lowest BCUT2D eigenvalue weighted by atomic mass is 10.2. The van der Waals surface area contributed by atoms with Crippen molar-refractivity contribution in [3.8, 4) is 0 Å². The lowest BCUT2D eigenvalue weighted by molar-refractivity contribution is 0.0469. The van der Waals surface area contributed by atoms with Crippen LogP contribution >= 0.6 is 0 Å². The van der Waals surface area contributed by atoms with Crippen molar-refractivity contribution in [2.45, 2.75) is 6.61 Å². The van der Waals surface area contributed by atoms with Gasteiger partial charge in [0.15, 0.2) is 0 Å². The molecule has 4 heteroatoms. The third kappa shape index (κ3) is 3.31. The highest BCUT2D eigenvalue weighted by atomic mass is 19.1. The molecule has 0 saturated carbocycles. The average Bonchev–Trinajstić information content (AvgIpc) is 2.46. The molecular weight excluding hydrogens is 245 g/mol. The normalized spacial score (nSPS) is 10.0. The Hall–Kier alpha value is -2.36. The molecular formula is C15H14FNO2. The van der Waals surface area contributed by atoms with Crippen LogP contribution < -0.4 is 5.32 Å². The van der Waals surface area contributed by atoms with Crippen molar-refractivity contribution in [3.05, 3.63) is 65.5 Å². The number of rotatable bonds is 4. The molecule has 2 rings (SSSR count). The first kappa shape index (κ1) is 13.1. The van der Waals surface area contributed by atoms with Crippen molar-refractivity contribution < 1.29 is 13.9 Å². The fraction of sp³-hybridized carbons (Fsp3) is 0.133. The largest absolute Gasteiger partial charge is 0.457 e. The Kier molecular flexibility index (Phi) is 4.13. The number of benzene rings is 2. The number of carbonyl (C=O) groups excluding carboxylic acids is 1. The molecule has 0 amide bonds. The van der Waals surface area contributed by atoms with Gasteiger partial charge in [-0.3, -0.25) is 0 Å². The van der Waals surface area contributed by atoms with Gasteiger partial charge in [0.2, 0.25) is 0 Å². The maximum Gasteiger partial charge on any atom is 0.338 e. The van der Waals surface area contributed by atoms with Crippen LogP contribution in [0.15, 0.2) is 48.5 Å². The summed E-state index contributed by atoms with van der Waals surface area (Å²) in [6.07, 6.45) is 0. The quantitative estimate of drug-likeness (QED) is 0.857. The van der Waals surface area contributed by atoms with Crippen LogP contribution in [0.25, 0.3) is 0 Å². The zero-order valence-corrected chi connectivity index (χ0v) is 10.5. The van der Waals surface area contributed by atoms with E-state index in [-0.39, 0.29) is 12.4 Å². The van der Waals surface area contributed by atoms with Crippen molar-refractivity contribution in [2.75, 3.05) is 12.4 Å². The molecule has 0 fully saturated rings. The first-order valence-electron chi connectivity index (χ1n) is 5.89. The SMILES string of the molecule is CNc1ccc(C(=O)OCc2ccccc2F)cc1. The van der Waals surface area contributed by atoms with E-state index >= 15 is 0 Å². The molecule has 2 aromatic rings. The Morgan fingerprint density at radius 1 is 1.16 bits per heavy atom. The van der Waals surface area contributed by atoms with Crippen LogP contribution in [-0.4, -0.2) is 13.0 Å². The molecule has 0 atom stereocenters. The van der Waals surface area contributed by atoms with E-state index in [1.807, 2.05) is 0 Å². The van der Waals surface area contributed by atoms with Gasteiger partial charge in [-0.05, 0) is 30.3 Å². The van der Waals surface area contributed by atoms with Crippen LogP contribution in [0.2, 0.25) is 0 Å². The van der Waals surface area contributed by atoms with E-state index in [9.17, 15) is 9.18 Å². The van der Waals surface area contributed by atoms with E-state index in [4.69, 9.17) is 4.74 Å². The highest BCUT2D eigenvalue weighted by Gasteiger charge is 2.08. The van der Waals surface area contributed by atoms with Crippen LogP contribution in [0.5, 0.6) is 0 Å². The predicted octanol–water partition coefficient (Wildman–Crippen LogP) is 3.22. The number of nitrogens with one attached hydrogen (secondary N) is 1. The summed E-state index contributed by atoms with van der Waals surface area (Å²) >= 11 is 0. The van der Waals surface area contributed by atoms with Crippen LogP contribution in [0.1, 0.15) is 15.9 Å². The molecule has 0 aliphatic heterocycles. The summed E-state index contributed by atoms with van der Waals surface area (Å²) in [7, 11) is 1.80. The van der Waals surface area contributed by atoms with Crippen molar-refractivity contribution in [3.63, 3.8) is 0 Å². The van der Waals surface area contributed by atoms with Gasteiger partial charge in [-0.25, -0.2) is 9.18 Å². The third-order valence-corrected chi connectivity index (χ3v) is 2.73. The molecule has 0 aliphatic carbocycles. The van der Waals surface area contributed by atoms with E-state index in [0.717, 1.165) is 5.69 Å². The third-order valence-electron chi connectivity index (χ3n) is 2.73. The van der Waals surface area contributed by atoms with Crippen molar-refractivity contribution >= 4 is 11.7 Å². The first-order valence-corrected chi connectivity index (χ1v) is 5.89. The van der Waals surface area contributed by atoms with E-state index in [0.29, 0.717) is 11.1 Å². The monoisotopic (exact) mass is 259 g/mol. The number of anilines is 1. The van der Waals surface area contributed by atoms with Crippen molar-refractivity contribution in [1.82, 2.24) is 0 Å². The lowest BCUT2D eigenvalue weighted by Gasteiger charge is -2.06. The zero-order chi connectivity index (χ0) is 13.7. The molecule has 0 aliphatic rings. The molecule has 0 saturated heterocycles. The second-order valence-corrected chi connectivity index (χ2v) is 3.99. The molecule has 0 aromatic heterocycles. The average molecular weight is 259 g/mol. The zero-order valence-electron chi connectivity index (χ0n) is 10.5. The minimum absolute atomic E-state index is 0.0702. The number of carbonyl (C=O) groups is 1. The standard InChI is InChI=1S/C15H14FNO2/c1-17-13-8-6-11(7-9-13)15(18)19-10-12-4-2-3-5-14(12)16/h2-9,17H,10H2,1H3. The number of hydrogen-bond acceptors (Lipinski definition) is 3. The van der Waals surface area contributed by atoms with Gasteiger partial charge in [0.05, 0.1) is 5.56 Å². The summed E-state index contributed by atoms with van der Waals surface area (Å²) < 4.78 is 18.4. The van der Waals surface area contributed by atoms with E-state index in [1.165, 1.54) is 6.07 Å². The molecule has 0 spiro atoms. The second-order valence-electron chi connectivity index (χ2n) is 3.99. The van der Waals surface area contributed by atoms with Gasteiger partial charge < -0.3 is 10.1 Å². The van der Waals surface area contributed by atoms with Crippen molar-refractivity contribution in [2.24, 2.45) is 0 Å². The minimum Gasteiger partial charge on any atom is -0.457 e. The fourth-order valence-corrected chi connectivity index (χ4v) is 1.62. The second kappa shape index (κ2) is 6.00. The van der Waals surface area contributed by atoms with Gasteiger partial charge in [0.25, 0.3) is 0 Å². The summed E-state index contributed by atoms with van der Waals surface area (Å²) in [6, 6.07) is 13.1. The molecule has 3 nitrogen and oxygen atoms in total. The number of halogens is 1. The predicted molar refractivity (Wildman–Crippen MR) is 71.5 cm³/mol. The first-order chi connectivity index (χ1) is 9.20.